The Morgan fingerprint density at radius 2 is 1.58 bits per heavy atom. The Morgan fingerprint density at radius 3 is 2.16 bits per heavy atom. The Labute approximate surface area is 115 Å². The van der Waals surface area contributed by atoms with Crippen molar-refractivity contribution in [2.75, 3.05) is 20.6 Å². The molecule has 0 heterocycles. The number of nitrogens with zero attached hydrogens (tertiary/aromatic N) is 1. The zero-order chi connectivity index (χ0) is 13.4. The Bertz CT molecular complexity index is 417. The maximum absolute atomic E-state index is 13.1. The molecule has 0 aromatic heterocycles. The van der Waals surface area contributed by atoms with Crippen molar-refractivity contribution in [1.29, 1.82) is 0 Å². The molecule has 3 aliphatic rings. The number of fused-ring (bicyclic) bond motifs is 3. The predicted molar refractivity (Wildman–Crippen MR) is 76.6 cm³/mol. The second-order valence-electron chi connectivity index (χ2n) is 6.68. The molecule has 3 saturated carbocycles. The van der Waals surface area contributed by atoms with E-state index in [9.17, 15) is 4.39 Å². The molecule has 2 atom stereocenters. The van der Waals surface area contributed by atoms with E-state index in [0.29, 0.717) is 5.92 Å². The number of hydrogen-bond donors (Lipinski definition) is 0. The number of benzene rings is 1. The highest BCUT2D eigenvalue weighted by Gasteiger charge is 2.43. The lowest BCUT2D eigenvalue weighted by Crippen LogP contribution is -2.43. The zero-order valence-electron chi connectivity index (χ0n) is 12.0. The molecule has 0 unspecified atom stereocenters. The summed E-state index contributed by atoms with van der Waals surface area (Å²) in [5, 5.41) is 0. The van der Waals surface area contributed by atoms with Crippen molar-refractivity contribution in [1.82, 2.24) is 4.90 Å². The Hall–Kier alpha value is -0.890. The molecular formula is C17H24FN. The van der Waals surface area contributed by atoms with Gasteiger partial charge in [-0.05, 0) is 81.1 Å². The first-order valence-electron chi connectivity index (χ1n) is 7.55. The van der Waals surface area contributed by atoms with Crippen LogP contribution in [-0.4, -0.2) is 25.5 Å². The lowest BCUT2D eigenvalue weighted by Gasteiger charge is -2.50. The maximum Gasteiger partial charge on any atom is 0.123 e. The molecular weight excluding hydrogens is 237 g/mol. The third-order valence-corrected chi connectivity index (χ3v) is 5.22. The smallest absolute Gasteiger partial charge is 0.123 e. The Kier molecular flexibility index (Phi) is 3.62. The SMILES string of the molecule is CN(C)C[C@@H]1C2CCC(CC2)[C@@H]1c1ccc(F)cc1. The van der Waals surface area contributed by atoms with Crippen molar-refractivity contribution >= 4 is 0 Å². The normalized spacial score (nSPS) is 33.9. The van der Waals surface area contributed by atoms with Crippen LogP contribution in [0.2, 0.25) is 0 Å². The molecule has 0 radical (unpaired) electrons. The van der Waals surface area contributed by atoms with Crippen LogP contribution in [0.4, 0.5) is 4.39 Å². The number of halogens is 1. The van der Waals surface area contributed by atoms with Gasteiger partial charge in [-0.15, -0.1) is 0 Å². The molecule has 1 aromatic rings. The van der Waals surface area contributed by atoms with Crippen molar-refractivity contribution in [2.24, 2.45) is 17.8 Å². The first-order valence-corrected chi connectivity index (χ1v) is 7.55. The highest BCUT2D eigenvalue weighted by atomic mass is 19.1. The van der Waals surface area contributed by atoms with Crippen molar-refractivity contribution < 1.29 is 4.39 Å². The van der Waals surface area contributed by atoms with Crippen LogP contribution >= 0.6 is 0 Å². The van der Waals surface area contributed by atoms with Crippen molar-refractivity contribution in [3.63, 3.8) is 0 Å². The third kappa shape index (κ3) is 2.55. The average Bonchev–Trinajstić information content (AvgIpc) is 2.41. The minimum Gasteiger partial charge on any atom is -0.309 e. The van der Waals surface area contributed by atoms with Gasteiger partial charge in [0.25, 0.3) is 0 Å². The fourth-order valence-corrected chi connectivity index (χ4v) is 4.46. The van der Waals surface area contributed by atoms with E-state index in [1.54, 1.807) is 12.1 Å². The average molecular weight is 261 g/mol. The van der Waals surface area contributed by atoms with E-state index in [0.717, 1.165) is 17.8 Å². The van der Waals surface area contributed by atoms with Gasteiger partial charge in [0, 0.05) is 6.54 Å². The van der Waals surface area contributed by atoms with Gasteiger partial charge in [0.1, 0.15) is 5.82 Å². The molecule has 19 heavy (non-hydrogen) atoms. The van der Waals surface area contributed by atoms with Gasteiger partial charge in [0.05, 0.1) is 0 Å². The molecule has 104 valence electrons. The van der Waals surface area contributed by atoms with E-state index in [4.69, 9.17) is 0 Å². The van der Waals surface area contributed by atoms with Gasteiger partial charge in [-0.3, -0.25) is 0 Å². The second kappa shape index (κ2) is 5.24. The molecule has 0 amide bonds. The number of hydrogen-bond acceptors (Lipinski definition) is 1. The highest BCUT2D eigenvalue weighted by Crippen LogP contribution is 2.53. The number of rotatable bonds is 3. The quantitative estimate of drug-likeness (QED) is 0.797. The lowest BCUT2D eigenvalue weighted by molar-refractivity contribution is 0.0507. The molecule has 2 heteroatoms. The largest absolute Gasteiger partial charge is 0.309 e. The first-order chi connectivity index (χ1) is 9.15. The van der Waals surface area contributed by atoms with Crippen LogP contribution in [0.5, 0.6) is 0 Å². The lowest BCUT2D eigenvalue weighted by atomic mass is 9.57. The standard InChI is InChI=1S/C17H24FN/c1-19(2)11-16-12-3-5-13(6-4-12)17(16)14-7-9-15(18)10-8-14/h7-10,12-13,16-17H,3-6,11H2,1-2H3/t12?,13?,16-,17-/m1/s1. The summed E-state index contributed by atoms with van der Waals surface area (Å²) in [6, 6.07) is 7.29. The summed E-state index contributed by atoms with van der Waals surface area (Å²) in [4.78, 5) is 2.32. The Balaban J connectivity index is 1.89. The van der Waals surface area contributed by atoms with Crippen LogP contribution in [0, 0.1) is 23.6 Å². The van der Waals surface area contributed by atoms with Crippen LogP contribution in [-0.2, 0) is 0 Å². The van der Waals surface area contributed by atoms with E-state index in [2.05, 4.69) is 19.0 Å². The van der Waals surface area contributed by atoms with Gasteiger partial charge in [0.15, 0.2) is 0 Å². The van der Waals surface area contributed by atoms with Crippen LogP contribution in [0.25, 0.3) is 0 Å². The molecule has 2 bridgehead atoms. The van der Waals surface area contributed by atoms with E-state index in [-0.39, 0.29) is 5.82 Å². The van der Waals surface area contributed by atoms with Gasteiger partial charge in [0.2, 0.25) is 0 Å². The molecule has 4 rings (SSSR count). The van der Waals surface area contributed by atoms with E-state index in [1.165, 1.54) is 37.8 Å². The summed E-state index contributed by atoms with van der Waals surface area (Å²) >= 11 is 0. The topological polar surface area (TPSA) is 3.24 Å². The van der Waals surface area contributed by atoms with Crippen molar-refractivity contribution in [3.8, 4) is 0 Å². The highest BCUT2D eigenvalue weighted by molar-refractivity contribution is 5.24. The molecule has 3 aliphatic carbocycles. The fraction of sp³-hybridized carbons (Fsp3) is 0.647. The van der Waals surface area contributed by atoms with Gasteiger partial charge in [-0.2, -0.15) is 0 Å². The van der Waals surface area contributed by atoms with Crippen molar-refractivity contribution in [2.45, 2.75) is 31.6 Å². The van der Waals surface area contributed by atoms with Crippen LogP contribution in [0.15, 0.2) is 24.3 Å². The monoisotopic (exact) mass is 261 g/mol. The van der Waals surface area contributed by atoms with Gasteiger partial charge >= 0.3 is 0 Å². The minimum atomic E-state index is -0.117. The third-order valence-electron chi connectivity index (χ3n) is 5.22. The summed E-state index contributed by atoms with van der Waals surface area (Å²) in [5.74, 6) is 2.99. The fourth-order valence-electron chi connectivity index (χ4n) is 4.46. The maximum atomic E-state index is 13.1. The molecule has 0 N–H and O–H groups in total. The van der Waals surface area contributed by atoms with Gasteiger partial charge < -0.3 is 4.90 Å². The zero-order valence-corrected chi connectivity index (χ0v) is 12.0. The molecule has 1 nitrogen and oxygen atoms in total. The van der Waals surface area contributed by atoms with Gasteiger partial charge in [-0.1, -0.05) is 12.1 Å². The molecule has 1 aromatic carbocycles. The van der Waals surface area contributed by atoms with Crippen LogP contribution in [0.1, 0.15) is 37.2 Å². The molecule has 3 fully saturated rings. The summed E-state index contributed by atoms with van der Waals surface area (Å²) in [6.07, 6.45) is 5.55. The van der Waals surface area contributed by atoms with Gasteiger partial charge in [-0.25, -0.2) is 4.39 Å². The summed E-state index contributed by atoms with van der Waals surface area (Å²) < 4.78 is 13.1. The Morgan fingerprint density at radius 1 is 1.00 bits per heavy atom. The van der Waals surface area contributed by atoms with E-state index < -0.39 is 0 Å². The summed E-state index contributed by atoms with van der Waals surface area (Å²) in [6.45, 7) is 1.17. The van der Waals surface area contributed by atoms with Crippen LogP contribution in [0.3, 0.4) is 0 Å². The van der Waals surface area contributed by atoms with E-state index in [1.807, 2.05) is 12.1 Å². The van der Waals surface area contributed by atoms with Crippen molar-refractivity contribution in [3.05, 3.63) is 35.6 Å². The molecule has 0 aliphatic heterocycles. The summed E-state index contributed by atoms with van der Waals surface area (Å²) in [7, 11) is 4.34. The minimum absolute atomic E-state index is 0.117. The molecule has 0 saturated heterocycles. The summed E-state index contributed by atoms with van der Waals surface area (Å²) in [5.41, 5.74) is 1.36. The second-order valence-corrected chi connectivity index (χ2v) is 6.68. The molecule has 0 spiro atoms. The predicted octanol–water partition coefficient (Wildman–Crippen LogP) is 3.91. The van der Waals surface area contributed by atoms with E-state index >= 15 is 0 Å². The van der Waals surface area contributed by atoms with Crippen LogP contribution < -0.4 is 0 Å². The first kappa shape index (κ1) is 13.1.